The van der Waals surface area contributed by atoms with Crippen LogP contribution in [0.2, 0.25) is 5.54 Å². The molecule has 4 heteroatoms. The molecule has 0 spiro atoms. The lowest BCUT2D eigenvalue weighted by molar-refractivity contribution is 0.180. The van der Waals surface area contributed by atoms with Crippen LogP contribution >= 0.6 is 0 Å². The molecule has 0 fully saturated rings. The van der Waals surface area contributed by atoms with Crippen molar-refractivity contribution in [2.45, 2.75) is 57.6 Å². The second-order valence-electron chi connectivity index (χ2n) is 3.59. The summed E-state index contributed by atoms with van der Waals surface area (Å²) in [5.41, 5.74) is 0.527. The predicted octanol–water partition coefficient (Wildman–Crippen LogP) is 2.14. The molecule has 0 aliphatic carbocycles. The summed E-state index contributed by atoms with van der Waals surface area (Å²) in [6, 6.07) is 0. The van der Waals surface area contributed by atoms with Gasteiger partial charge >= 0.3 is 0 Å². The number of rotatable bonds is 7. The largest absolute Gasteiger partial charge is 0.421 e. The van der Waals surface area contributed by atoms with Gasteiger partial charge in [0.15, 0.2) is 9.31 Å². The van der Waals surface area contributed by atoms with E-state index in [1.807, 2.05) is 6.92 Å². The van der Waals surface area contributed by atoms with Crippen LogP contribution in [0, 0.1) is 0 Å². The van der Waals surface area contributed by atoms with Crippen molar-refractivity contribution in [3.05, 3.63) is 0 Å². The highest BCUT2D eigenvalue weighted by Crippen LogP contribution is 2.19. The van der Waals surface area contributed by atoms with Gasteiger partial charge in [0.05, 0.1) is 6.10 Å². The molecule has 0 rings (SSSR count). The van der Waals surface area contributed by atoms with Gasteiger partial charge in [0.1, 0.15) is 0 Å². The molecule has 0 heterocycles. The highest BCUT2D eigenvalue weighted by atomic mass is 28.2. The van der Waals surface area contributed by atoms with Crippen LogP contribution in [0.1, 0.15) is 46.0 Å². The van der Waals surface area contributed by atoms with Gasteiger partial charge < -0.3 is 10.3 Å². The molecular weight excluding hydrogens is 182 g/mol. The van der Waals surface area contributed by atoms with Gasteiger partial charge in [-0.3, -0.25) is 0 Å². The lowest BCUT2D eigenvalue weighted by Gasteiger charge is -2.11. The lowest BCUT2D eigenvalue weighted by Crippen LogP contribution is -2.04. The zero-order valence-electron chi connectivity index (χ0n) is 8.61. The van der Waals surface area contributed by atoms with E-state index in [9.17, 15) is 0 Å². The summed E-state index contributed by atoms with van der Waals surface area (Å²) in [5, 5.41) is 17.6. The van der Waals surface area contributed by atoms with E-state index in [0.29, 0.717) is 5.54 Å². The number of aliphatic hydroxyl groups is 1. The Morgan fingerprint density at radius 3 is 2.46 bits per heavy atom. The molecule has 0 radical (unpaired) electrons. The van der Waals surface area contributed by atoms with Gasteiger partial charge in [-0.05, 0) is 31.7 Å². The Hall–Kier alpha value is -0.223. The first-order valence-corrected chi connectivity index (χ1v) is 6.24. The fourth-order valence-electron chi connectivity index (χ4n) is 1.31. The molecule has 0 aliphatic heterocycles. The highest BCUT2D eigenvalue weighted by Gasteiger charge is 2.07. The van der Waals surface area contributed by atoms with Crippen LogP contribution in [-0.4, -0.2) is 25.7 Å². The maximum atomic E-state index is 9.11. The average Bonchev–Trinajstić information content (AvgIpc) is 2.09. The van der Waals surface area contributed by atoms with Gasteiger partial charge in [-0.15, -0.1) is 0 Å². The molecular formula is C9H21NO2Si. The van der Waals surface area contributed by atoms with E-state index in [-0.39, 0.29) is 15.4 Å². The van der Waals surface area contributed by atoms with Crippen molar-refractivity contribution in [2.75, 3.05) is 0 Å². The van der Waals surface area contributed by atoms with Crippen molar-refractivity contribution in [3.63, 3.8) is 0 Å². The molecule has 13 heavy (non-hydrogen) atoms. The van der Waals surface area contributed by atoms with Crippen molar-refractivity contribution in [3.8, 4) is 0 Å². The first-order chi connectivity index (χ1) is 6.20. The van der Waals surface area contributed by atoms with Crippen LogP contribution in [0.25, 0.3) is 0 Å². The molecule has 3 nitrogen and oxygen atoms in total. The van der Waals surface area contributed by atoms with Gasteiger partial charge in [-0.25, -0.2) is 0 Å². The smallest absolute Gasteiger partial charge is 0.167 e. The molecule has 78 valence electrons. The van der Waals surface area contributed by atoms with Crippen LogP contribution in [0.15, 0.2) is 4.80 Å². The summed E-state index contributed by atoms with van der Waals surface area (Å²) in [6.45, 7) is 3.97. The number of unbranched alkanes of at least 4 members (excludes halogenated alkanes) is 1. The van der Waals surface area contributed by atoms with E-state index in [4.69, 9.17) is 10.3 Å². The van der Waals surface area contributed by atoms with Crippen molar-refractivity contribution < 1.29 is 10.3 Å². The molecule has 0 saturated carbocycles. The van der Waals surface area contributed by atoms with Crippen LogP contribution in [-0.2, 0) is 0 Å². The fraction of sp³-hybridized carbons (Fsp3) is 1.00. The molecule has 0 aromatic carbocycles. The van der Waals surface area contributed by atoms with Crippen LogP contribution in [0.5, 0.6) is 0 Å². The summed E-state index contributed by atoms with van der Waals surface area (Å²) >= 11 is 0. The summed E-state index contributed by atoms with van der Waals surface area (Å²) in [6.07, 6.45) is 5.14. The minimum Gasteiger partial charge on any atom is -0.421 e. The SMILES string of the molecule is CCCCC(CCC(C)O)[SiH]=NO. The molecule has 0 amide bonds. The zero-order chi connectivity index (χ0) is 10.1. The second-order valence-corrected chi connectivity index (χ2v) is 5.07. The van der Waals surface area contributed by atoms with E-state index in [1.165, 1.54) is 12.8 Å². The Kier molecular flexibility index (Phi) is 8.23. The van der Waals surface area contributed by atoms with E-state index in [1.54, 1.807) is 0 Å². The normalized spacial score (nSPS) is 16.2. The number of hydrogen-bond acceptors (Lipinski definition) is 3. The maximum Gasteiger partial charge on any atom is 0.167 e. The van der Waals surface area contributed by atoms with E-state index in [0.717, 1.165) is 19.3 Å². The lowest BCUT2D eigenvalue weighted by atomic mass is 10.1. The molecule has 0 bridgehead atoms. The van der Waals surface area contributed by atoms with Crippen LogP contribution < -0.4 is 0 Å². The Labute approximate surface area is 82.7 Å². The number of nitrogens with zero attached hydrogens (tertiary/aromatic N) is 1. The number of hydrogen-bond donors (Lipinski definition) is 2. The Balaban J connectivity index is 3.66. The molecule has 0 aromatic heterocycles. The van der Waals surface area contributed by atoms with Gasteiger partial charge in [-0.2, -0.15) is 4.80 Å². The third-order valence-corrected chi connectivity index (χ3v) is 3.38. The monoisotopic (exact) mass is 203 g/mol. The Bertz CT molecular complexity index is 140. The van der Waals surface area contributed by atoms with Gasteiger partial charge in [0.2, 0.25) is 0 Å². The predicted molar refractivity (Wildman–Crippen MR) is 55.6 cm³/mol. The van der Waals surface area contributed by atoms with Crippen molar-refractivity contribution >= 4 is 9.31 Å². The summed E-state index contributed by atoms with van der Waals surface area (Å²) in [5.74, 6) is 0. The molecule has 0 aliphatic rings. The van der Waals surface area contributed by atoms with Crippen molar-refractivity contribution in [1.82, 2.24) is 0 Å². The van der Waals surface area contributed by atoms with E-state index < -0.39 is 0 Å². The third kappa shape index (κ3) is 8.12. The maximum absolute atomic E-state index is 9.11. The topological polar surface area (TPSA) is 52.8 Å². The second kappa shape index (κ2) is 8.38. The molecule has 0 saturated heterocycles. The highest BCUT2D eigenvalue weighted by molar-refractivity contribution is 6.23. The standard InChI is InChI=1S/C9H21NO2Si/c1-3-4-5-9(13-10-12)7-6-8(2)11/h8-9,11-13H,3-7H2,1-2H3. The minimum atomic E-state index is -0.220. The Morgan fingerprint density at radius 2 is 2.00 bits per heavy atom. The van der Waals surface area contributed by atoms with Crippen molar-refractivity contribution in [1.29, 1.82) is 0 Å². The van der Waals surface area contributed by atoms with Gasteiger partial charge in [0, 0.05) is 0 Å². The van der Waals surface area contributed by atoms with Crippen molar-refractivity contribution in [2.24, 2.45) is 4.80 Å². The Morgan fingerprint density at radius 1 is 1.31 bits per heavy atom. The first-order valence-electron chi connectivity index (χ1n) is 5.06. The molecule has 2 N–H and O–H groups in total. The first kappa shape index (κ1) is 12.8. The quantitative estimate of drug-likeness (QED) is 0.492. The van der Waals surface area contributed by atoms with Crippen LogP contribution in [0.4, 0.5) is 0 Å². The van der Waals surface area contributed by atoms with E-state index in [2.05, 4.69) is 11.7 Å². The summed E-state index contributed by atoms with van der Waals surface area (Å²) < 4.78 is 0. The summed E-state index contributed by atoms with van der Waals surface area (Å²) in [7, 11) is -0.187. The van der Waals surface area contributed by atoms with E-state index >= 15 is 0 Å². The molecule has 2 atom stereocenters. The third-order valence-electron chi connectivity index (χ3n) is 2.16. The minimum absolute atomic E-state index is 0.187. The molecule has 0 aromatic rings. The average molecular weight is 203 g/mol. The van der Waals surface area contributed by atoms with Gasteiger partial charge in [-0.1, -0.05) is 19.8 Å². The summed E-state index contributed by atoms with van der Waals surface area (Å²) in [4.78, 5) is 3.27. The fourth-order valence-corrected chi connectivity index (χ4v) is 2.22. The van der Waals surface area contributed by atoms with Gasteiger partial charge in [0.25, 0.3) is 0 Å². The zero-order valence-corrected chi connectivity index (χ0v) is 9.76. The van der Waals surface area contributed by atoms with Crippen LogP contribution in [0.3, 0.4) is 0 Å². The molecule has 2 unspecified atom stereocenters. The number of aliphatic hydroxyl groups excluding tert-OH is 1.